The van der Waals surface area contributed by atoms with Gasteiger partial charge in [-0.2, -0.15) is 0 Å². The van der Waals surface area contributed by atoms with Crippen LogP contribution in [0.15, 0.2) is 12.2 Å². The number of carbonyl (C=O) groups is 2. The summed E-state index contributed by atoms with van der Waals surface area (Å²) in [6, 6.07) is 0. The average Bonchev–Trinajstić information content (AvgIpc) is 3.25. The number of hydrogen-bond acceptors (Lipinski definition) is 14. The number of carbonyl (C=O) groups excluding carboxylic acids is 2. The predicted octanol–water partition coefficient (Wildman–Crippen LogP) is 9.29. The number of hydrogen-bond donors (Lipinski definition) is 8. The molecular formula is C45H87O19P3. The van der Waals surface area contributed by atoms with Gasteiger partial charge in [-0.15, -0.1) is 0 Å². The number of phosphoric ester groups is 3. The van der Waals surface area contributed by atoms with Crippen LogP contribution in [0.4, 0.5) is 0 Å². The van der Waals surface area contributed by atoms with Crippen molar-refractivity contribution in [3.63, 3.8) is 0 Å². The Labute approximate surface area is 399 Å². The molecule has 1 saturated carbocycles. The third-order valence-electron chi connectivity index (χ3n) is 11.6. The van der Waals surface area contributed by atoms with Crippen LogP contribution in [-0.2, 0) is 50.9 Å². The van der Waals surface area contributed by atoms with Gasteiger partial charge in [0, 0.05) is 12.8 Å². The van der Waals surface area contributed by atoms with Gasteiger partial charge < -0.3 is 49.3 Å². The molecule has 0 heterocycles. The third kappa shape index (κ3) is 34.0. The Morgan fingerprint density at radius 1 is 0.463 bits per heavy atom. The van der Waals surface area contributed by atoms with Crippen LogP contribution in [0, 0.1) is 0 Å². The Morgan fingerprint density at radius 3 is 1.24 bits per heavy atom. The number of esters is 2. The predicted molar refractivity (Wildman–Crippen MR) is 252 cm³/mol. The zero-order chi connectivity index (χ0) is 50.0. The second-order valence-corrected chi connectivity index (χ2v) is 21.5. The first-order valence-electron chi connectivity index (χ1n) is 25.0. The summed E-state index contributed by atoms with van der Waals surface area (Å²) in [7, 11) is -16.6. The normalized spacial score (nSPS) is 21.6. The summed E-state index contributed by atoms with van der Waals surface area (Å²) in [5.74, 6) is -1.29. The van der Waals surface area contributed by atoms with Crippen LogP contribution in [-0.4, -0.2) is 108 Å². The zero-order valence-electron chi connectivity index (χ0n) is 40.2. The lowest BCUT2D eigenvalue weighted by molar-refractivity contribution is -0.213. The summed E-state index contributed by atoms with van der Waals surface area (Å²) < 4.78 is 65.5. The zero-order valence-corrected chi connectivity index (χ0v) is 42.9. The molecule has 1 aliphatic carbocycles. The van der Waals surface area contributed by atoms with Crippen LogP contribution in [0.25, 0.3) is 0 Å². The SMILES string of the molecule is CCCCCCCCC=CCCCCCCCCCC(=O)OCC(COP(=O)(O)OC1C(O)C(O)C(OP(=O)(O)O)C(OP(=O)(O)O)C1O)OC(=O)CCCCCCCCCCCCCCC. The highest BCUT2D eigenvalue weighted by Gasteiger charge is 2.56. The molecule has 1 aliphatic rings. The van der Waals surface area contributed by atoms with E-state index in [0.717, 1.165) is 77.0 Å². The van der Waals surface area contributed by atoms with Crippen molar-refractivity contribution in [2.24, 2.45) is 0 Å². The molecule has 1 rings (SSSR count). The van der Waals surface area contributed by atoms with E-state index in [2.05, 4.69) is 35.0 Å². The first-order chi connectivity index (χ1) is 31.8. The van der Waals surface area contributed by atoms with E-state index in [1.54, 1.807) is 0 Å². The summed E-state index contributed by atoms with van der Waals surface area (Å²) in [6.07, 6.45) is 19.4. The minimum absolute atomic E-state index is 0.00258. The van der Waals surface area contributed by atoms with E-state index in [4.69, 9.17) is 18.5 Å². The van der Waals surface area contributed by atoms with Crippen LogP contribution >= 0.6 is 23.5 Å². The topological polar surface area (TPSA) is 303 Å². The Bertz CT molecular complexity index is 1460. The van der Waals surface area contributed by atoms with Crippen molar-refractivity contribution in [3.8, 4) is 0 Å². The van der Waals surface area contributed by atoms with Gasteiger partial charge in [0.1, 0.15) is 43.2 Å². The largest absolute Gasteiger partial charge is 0.472 e. The molecule has 22 heteroatoms. The Hall–Kier alpha value is -1.11. The molecule has 0 spiro atoms. The molecule has 0 aliphatic heterocycles. The van der Waals surface area contributed by atoms with Gasteiger partial charge in [0.25, 0.3) is 0 Å². The first kappa shape index (κ1) is 63.9. The van der Waals surface area contributed by atoms with Crippen LogP contribution in [0.1, 0.15) is 206 Å². The van der Waals surface area contributed by atoms with Crippen LogP contribution in [0.3, 0.4) is 0 Å². The molecule has 0 aromatic heterocycles. The Balaban J connectivity index is 2.69. The van der Waals surface area contributed by atoms with E-state index in [-0.39, 0.29) is 12.8 Å². The molecule has 0 radical (unpaired) electrons. The average molecular weight is 1030 g/mol. The number of ether oxygens (including phenoxy) is 2. The van der Waals surface area contributed by atoms with Crippen LogP contribution in [0.5, 0.6) is 0 Å². The number of aliphatic hydroxyl groups is 3. The van der Waals surface area contributed by atoms with E-state index < -0.39 is 91.3 Å². The molecule has 8 N–H and O–H groups in total. The van der Waals surface area contributed by atoms with Crippen molar-refractivity contribution < 1.29 is 90.6 Å². The standard InChI is InChI=1S/C45H87O19P3/c1-3-5-7-9-11-13-15-17-18-19-20-22-23-25-27-29-31-33-38(46)59-35-37(61-39(47)34-32-30-28-26-24-21-16-14-12-10-8-6-4-2)36-60-67(57,58)64-43-40(48)41(49)44(62-65(51,52)53)45(42(43)50)63-66(54,55)56/h17-18,37,40-45,48-50H,3-16,19-36H2,1-2H3,(H,57,58)(H2,51,52,53)(H2,54,55,56). The van der Waals surface area contributed by atoms with Crippen molar-refractivity contribution in [1.82, 2.24) is 0 Å². The van der Waals surface area contributed by atoms with Gasteiger partial charge in [0.2, 0.25) is 0 Å². The lowest BCUT2D eigenvalue weighted by Crippen LogP contribution is -2.65. The fourth-order valence-electron chi connectivity index (χ4n) is 7.81. The maximum Gasteiger partial charge on any atom is 0.472 e. The van der Waals surface area contributed by atoms with Crippen molar-refractivity contribution in [2.45, 2.75) is 249 Å². The summed E-state index contributed by atoms with van der Waals surface area (Å²) in [5, 5.41) is 31.9. The molecule has 8 unspecified atom stereocenters. The molecule has 8 atom stereocenters. The minimum Gasteiger partial charge on any atom is -0.462 e. The van der Waals surface area contributed by atoms with Crippen molar-refractivity contribution in [1.29, 1.82) is 0 Å². The van der Waals surface area contributed by atoms with E-state index in [1.165, 1.54) is 89.9 Å². The fraction of sp³-hybridized carbons (Fsp3) is 0.911. The van der Waals surface area contributed by atoms with Gasteiger partial charge in [0.05, 0.1) is 6.61 Å². The van der Waals surface area contributed by atoms with Gasteiger partial charge in [-0.1, -0.05) is 167 Å². The van der Waals surface area contributed by atoms with Crippen LogP contribution < -0.4 is 0 Å². The molecule has 0 aromatic carbocycles. The van der Waals surface area contributed by atoms with E-state index in [0.29, 0.717) is 12.8 Å². The van der Waals surface area contributed by atoms with Gasteiger partial charge in [0.15, 0.2) is 6.10 Å². The second-order valence-electron chi connectivity index (χ2n) is 17.8. The third-order valence-corrected chi connectivity index (χ3v) is 13.6. The molecule has 0 amide bonds. The number of unbranched alkanes of at least 4 members (excludes halogenated alkanes) is 25. The molecule has 67 heavy (non-hydrogen) atoms. The highest BCUT2D eigenvalue weighted by Crippen LogP contribution is 2.51. The smallest absolute Gasteiger partial charge is 0.462 e. The maximum atomic E-state index is 13.1. The molecular weight excluding hydrogens is 937 g/mol. The van der Waals surface area contributed by atoms with Gasteiger partial charge in [-0.3, -0.25) is 27.7 Å². The summed E-state index contributed by atoms with van der Waals surface area (Å²) in [6.45, 7) is 2.95. The van der Waals surface area contributed by atoms with Gasteiger partial charge in [-0.05, 0) is 38.5 Å². The quantitative estimate of drug-likeness (QED) is 0.0122. The molecule has 19 nitrogen and oxygen atoms in total. The summed E-state index contributed by atoms with van der Waals surface area (Å²) in [5.41, 5.74) is 0. The van der Waals surface area contributed by atoms with Crippen LogP contribution in [0.2, 0.25) is 0 Å². The molecule has 0 aromatic rings. The Morgan fingerprint density at radius 2 is 0.821 bits per heavy atom. The minimum atomic E-state index is -5.60. The number of rotatable bonds is 43. The number of phosphoric acid groups is 3. The summed E-state index contributed by atoms with van der Waals surface area (Å²) in [4.78, 5) is 73.2. The number of aliphatic hydroxyl groups excluding tert-OH is 3. The maximum absolute atomic E-state index is 13.1. The summed E-state index contributed by atoms with van der Waals surface area (Å²) >= 11 is 0. The van der Waals surface area contributed by atoms with E-state index in [1.807, 2.05) is 0 Å². The molecule has 396 valence electrons. The molecule has 0 saturated heterocycles. The van der Waals surface area contributed by atoms with Crippen molar-refractivity contribution in [3.05, 3.63) is 12.2 Å². The van der Waals surface area contributed by atoms with E-state index >= 15 is 0 Å². The first-order valence-corrected chi connectivity index (χ1v) is 29.5. The highest BCUT2D eigenvalue weighted by molar-refractivity contribution is 7.47. The van der Waals surface area contributed by atoms with E-state index in [9.17, 15) is 63.1 Å². The monoisotopic (exact) mass is 1020 g/mol. The Kier molecular flexibility index (Phi) is 35.9. The molecule has 0 bridgehead atoms. The van der Waals surface area contributed by atoms with Crippen molar-refractivity contribution in [2.75, 3.05) is 13.2 Å². The van der Waals surface area contributed by atoms with Gasteiger partial charge in [-0.25, -0.2) is 13.7 Å². The molecule has 1 fully saturated rings. The van der Waals surface area contributed by atoms with Gasteiger partial charge >= 0.3 is 35.4 Å². The number of allylic oxidation sites excluding steroid dienone is 2. The fourth-order valence-corrected chi connectivity index (χ4v) is 9.91. The lowest BCUT2D eigenvalue weighted by atomic mass is 9.85. The van der Waals surface area contributed by atoms with Crippen molar-refractivity contribution >= 4 is 35.4 Å². The highest BCUT2D eigenvalue weighted by atomic mass is 31.2. The second kappa shape index (κ2) is 37.6. The lowest BCUT2D eigenvalue weighted by Gasteiger charge is -2.44.